The molecule has 2 aromatic rings. The first kappa shape index (κ1) is 24.9. The number of amides is 2. The van der Waals surface area contributed by atoms with E-state index in [0.29, 0.717) is 36.6 Å². The number of carbonyl (C=O) groups excluding carboxylic acids is 2. The highest BCUT2D eigenvalue weighted by molar-refractivity contribution is 9.10. The van der Waals surface area contributed by atoms with Gasteiger partial charge >= 0.3 is 0 Å². The third-order valence-electron chi connectivity index (χ3n) is 4.67. The molecule has 0 spiro atoms. The monoisotopic (exact) mass is 490 g/mol. The molecule has 168 valence electrons. The number of carbonyl (C=O) groups is 2. The van der Waals surface area contributed by atoms with Gasteiger partial charge in [0.15, 0.2) is 0 Å². The van der Waals surface area contributed by atoms with E-state index in [4.69, 9.17) is 9.47 Å². The first-order valence-electron chi connectivity index (χ1n) is 10.7. The van der Waals surface area contributed by atoms with Crippen molar-refractivity contribution < 1.29 is 19.1 Å². The predicted octanol–water partition coefficient (Wildman–Crippen LogP) is 5.43. The Morgan fingerprint density at radius 2 is 1.65 bits per heavy atom. The van der Waals surface area contributed by atoms with Crippen molar-refractivity contribution in [2.45, 2.75) is 39.0 Å². The molecule has 6 nitrogen and oxygen atoms in total. The van der Waals surface area contributed by atoms with Crippen LogP contribution < -0.4 is 15.4 Å². The lowest BCUT2D eigenvalue weighted by molar-refractivity contribution is 0.0948. The number of hydrogen-bond donors (Lipinski definition) is 2. The Labute approximate surface area is 192 Å². The summed E-state index contributed by atoms with van der Waals surface area (Å²) in [6, 6.07) is 12.1. The van der Waals surface area contributed by atoms with Gasteiger partial charge in [-0.1, -0.05) is 26.2 Å². The molecule has 2 rings (SSSR count). The highest BCUT2D eigenvalue weighted by atomic mass is 79.9. The summed E-state index contributed by atoms with van der Waals surface area (Å²) in [6.45, 7) is 4.00. The number of anilines is 1. The van der Waals surface area contributed by atoms with Crippen molar-refractivity contribution >= 4 is 33.4 Å². The Hall–Kier alpha value is -2.38. The summed E-state index contributed by atoms with van der Waals surface area (Å²) in [6.07, 6.45) is 5.34. The maximum absolute atomic E-state index is 12.6. The summed E-state index contributed by atoms with van der Waals surface area (Å²) in [5.74, 6) is 0.351. The molecule has 0 bridgehead atoms. The van der Waals surface area contributed by atoms with Crippen LogP contribution in [0.4, 0.5) is 5.69 Å². The van der Waals surface area contributed by atoms with E-state index < -0.39 is 0 Å². The zero-order valence-corrected chi connectivity index (χ0v) is 19.8. The average molecular weight is 491 g/mol. The SMILES string of the molecule is CCCCCCOc1ccc(C(=O)Nc2ccc(C(=O)NCCCOC)cc2)cc1Br. The van der Waals surface area contributed by atoms with E-state index in [1.54, 1.807) is 49.6 Å². The normalized spacial score (nSPS) is 10.5. The van der Waals surface area contributed by atoms with E-state index in [-0.39, 0.29) is 11.8 Å². The van der Waals surface area contributed by atoms with Crippen molar-refractivity contribution in [3.8, 4) is 5.75 Å². The highest BCUT2D eigenvalue weighted by Crippen LogP contribution is 2.27. The number of ether oxygens (including phenoxy) is 2. The van der Waals surface area contributed by atoms with E-state index in [2.05, 4.69) is 33.5 Å². The molecule has 0 fully saturated rings. The van der Waals surface area contributed by atoms with Gasteiger partial charge in [0, 0.05) is 37.1 Å². The molecule has 2 amide bonds. The van der Waals surface area contributed by atoms with Crippen molar-refractivity contribution in [3.63, 3.8) is 0 Å². The zero-order valence-electron chi connectivity index (χ0n) is 18.2. The minimum atomic E-state index is -0.230. The average Bonchev–Trinajstić information content (AvgIpc) is 2.77. The first-order chi connectivity index (χ1) is 15.0. The van der Waals surface area contributed by atoms with E-state index in [1.807, 2.05) is 0 Å². The van der Waals surface area contributed by atoms with Crippen LogP contribution in [0, 0.1) is 0 Å². The fourth-order valence-corrected chi connectivity index (χ4v) is 3.39. The van der Waals surface area contributed by atoms with Crippen molar-refractivity contribution in [1.29, 1.82) is 0 Å². The largest absolute Gasteiger partial charge is 0.492 e. The lowest BCUT2D eigenvalue weighted by Crippen LogP contribution is -2.25. The van der Waals surface area contributed by atoms with Crippen molar-refractivity contribution in [2.24, 2.45) is 0 Å². The standard InChI is InChI=1S/C24H31BrN2O4/c1-3-4-5-6-16-31-22-13-10-19(17-21(22)25)24(29)27-20-11-8-18(9-12-20)23(28)26-14-7-15-30-2/h8-13,17H,3-7,14-16H2,1-2H3,(H,26,28)(H,27,29). The van der Waals surface area contributed by atoms with E-state index in [0.717, 1.165) is 29.5 Å². The van der Waals surface area contributed by atoms with E-state index in [1.165, 1.54) is 12.8 Å². The summed E-state index contributed by atoms with van der Waals surface area (Å²) >= 11 is 3.48. The van der Waals surface area contributed by atoms with Crippen LogP contribution in [-0.2, 0) is 4.74 Å². The molecule has 0 radical (unpaired) electrons. The molecule has 0 unspecified atom stereocenters. The van der Waals surface area contributed by atoms with Gasteiger partial charge in [0.2, 0.25) is 0 Å². The van der Waals surface area contributed by atoms with Crippen LogP contribution in [0.25, 0.3) is 0 Å². The minimum absolute atomic E-state index is 0.150. The van der Waals surface area contributed by atoms with Gasteiger partial charge in [0.25, 0.3) is 11.8 Å². The number of halogens is 1. The molecule has 7 heteroatoms. The summed E-state index contributed by atoms with van der Waals surface area (Å²) in [5.41, 5.74) is 1.68. The van der Waals surface area contributed by atoms with E-state index >= 15 is 0 Å². The van der Waals surface area contributed by atoms with Crippen molar-refractivity contribution in [2.75, 3.05) is 32.2 Å². The third-order valence-corrected chi connectivity index (χ3v) is 5.28. The molecule has 0 heterocycles. The highest BCUT2D eigenvalue weighted by Gasteiger charge is 2.11. The molecular weight excluding hydrogens is 460 g/mol. The predicted molar refractivity (Wildman–Crippen MR) is 127 cm³/mol. The Bertz CT molecular complexity index is 840. The maximum Gasteiger partial charge on any atom is 0.255 e. The number of nitrogens with one attached hydrogen (secondary N) is 2. The van der Waals surface area contributed by atoms with Gasteiger partial charge in [-0.2, -0.15) is 0 Å². The number of rotatable bonds is 13. The molecule has 0 saturated carbocycles. The second-order valence-electron chi connectivity index (χ2n) is 7.19. The van der Waals surface area contributed by atoms with Crippen molar-refractivity contribution in [3.05, 3.63) is 58.1 Å². The Balaban J connectivity index is 1.86. The number of benzene rings is 2. The van der Waals surface area contributed by atoms with Crippen LogP contribution in [0.15, 0.2) is 46.9 Å². The summed E-state index contributed by atoms with van der Waals surface area (Å²) in [7, 11) is 1.63. The lowest BCUT2D eigenvalue weighted by Gasteiger charge is -2.11. The topological polar surface area (TPSA) is 76.7 Å². The molecule has 0 aliphatic carbocycles. The Morgan fingerprint density at radius 3 is 2.32 bits per heavy atom. The van der Waals surface area contributed by atoms with Gasteiger partial charge in [0.05, 0.1) is 11.1 Å². The van der Waals surface area contributed by atoms with Crippen LogP contribution in [0.2, 0.25) is 0 Å². The molecule has 2 N–H and O–H groups in total. The molecule has 31 heavy (non-hydrogen) atoms. The molecule has 0 aromatic heterocycles. The fraction of sp³-hybridized carbons (Fsp3) is 0.417. The lowest BCUT2D eigenvalue weighted by atomic mass is 10.1. The molecule has 0 saturated heterocycles. The third kappa shape index (κ3) is 8.71. The van der Waals surface area contributed by atoms with Crippen LogP contribution in [0.1, 0.15) is 59.7 Å². The van der Waals surface area contributed by atoms with Gasteiger partial charge in [-0.15, -0.1) is 0 Å². The van der Waals surface area contributed by atoms with Gasteiger partial charge in [0.1, 0.15) is 5.75 Å². The molecule has 0 aliphatic rings. The second-order valence-corrected chi connectivity index (χ2v) is 8.04. The Morgan fingerprint density at radius 1 is 0.903 bits per heavy atom. The van der Waals surface area contributed by atoms with Crippen LogP contribution in [0.3, 0.4) is 0 Å². The summed E-state index contributed by atoms with van der Waals surface area (Å²) in [4.78, 5) is 24.7. The number of hydrogen-bond acceptors (Lipinski definition) is 4. The number of unbranched alkanes of at least 4 members (excludes halogenated alkanes) is 3. The fourth-order valence-electron chi connectivity index (χ4n) is 2.90. The molecule has 0 atom stereocenters. The minimum Gasteiger partial charge on any atom is -0.492 e. The summed E-state index contributed by atoms with van der Waals surface area (Å²) in [5, 5.41) is 5.68. The van der Waals surface area contributed by atoms with Crippen molar-refractivity contribution in [1.82, 2.24) is 5.32 Å². The molecule has 0 aliphatic heterocycles. The molecule has 2 aromatic carbocycles. The van der Waals surface area contributed by atoms with Crippen LogP contribution in [-0.4, -0.2) is 38.7 Å². The zero-order chi connectivity index (χ0) is 22.5. The second kappa shape index (κ2) is 13.8. The maximum atomic E-state index is 12.6. The Kier molecular flexibility index (Phi) is 11.1. The van der Waals surface area contributed by atoms with E-state index in [9.17, 15) is 9.59 Å². The van der Waals surface area contributed by atoms with Crippen LogP contribution in [0.5, 0.6) is 5.75 Å². The quantitative estimate of drug-likeness (QED) is 0.367. The van der Waals surface area contributed by atoms with Gasteiger partial charge in [-0.3, -0.25) is 9.59 Å². The van der Waals surface area contributed by atoms with Crippen LogP contribution >= 0.6 is 15.9 Å². The van der Waals surface area contributed by atoms with Gasteiger partial charge in [-0.05, 0) is 71.2 Å². The molecular formula is C24H31BrN2O4. The van der Waals surface area contributed by atoms with Gasteiger partial charge in [-0.25, -0.2) is 0 Å². The van der Waals surface area contributed by atoms with Gasteiger partial charge < -0.3 is 20.1 Å². The summed E-state index contributed by atoms with van der Waals surface area (Å²) < 4.78 is 11.5. The smallest absolute Gasteiger partial charge is 0.255 e. The number of methoxy groups -OCH3 is 1. The first-order valence-corrected chi connectivity index (χ1v) is 11.5.